The molecule has 1 aromatic rings. The van der Waals surface area contributed by atoms with Crippen molar-refractivity contribution in [1.82, 2.24) is 4.98 Å². The first-order valence-electron chi connectivity index (χ1n) is 4.67. The van der Waals surface area contributed by atoms with Gasteiger partial charge in [-0.15, -0.1) is 0 Å². The minimum Gasteiger partial charge on any atom is -0.261 e. The van der Waals surface area contributed by atoms with Gasteiger partial charge in [-0.1, -0.05) is 26.3 Å². The van der Waals surface area contributed by atoms with Crippen molar-refractivity contribution in [1.29, 1.82) is 0 Å². The monoisotopic (exact) mass is 163 g/mol. The first-order chi connectivity index (χ1) is 5.75. The van der Waals surface area contributed by atoms with Crippen molar-refractivity contribution in [3.05, 3.63) is 29.6 Å². The van der Waals surface area contributed by atoms with E-state index in [2.05, 4.69) is 31.8 Å². The first-order valence-corrected chi connectivity index (χ1v) is 4.67. The molecule has 1 heteroatoms. The second kappa shape index (κ2) is 4.24. The summed E-state index contributed by atoms with van der Waals surface area (Å²) in [7, 11) is 0. The van der Waals surface area contributed by atoms with E-state index in [0.717, 1.165) is 0 Å². The van der Waals surface area contributed by atoms with Crippen LogP contribution in [0.1, 0.15) is 43.9 Å². The van der Waals surface area contributed by atoms with Gasteiger partial charge in [0.25, 0.3) is 0 Å². The normalized spacial score (nSPS) is 12.9. The minimum absolute atomic E-state index is 0.608. The Kier molecular flexibility index (Phi) is 3.27. The lowest BCUT2D eigenvalue weighted by Crippen LogP contribution is -1.98. The van der Waals surface area contributed by atoms with Crippen LogP contribution in [0, 0.1) is 6.92 Å². The van der Waals surface area contributed by atoms with Gasteiger partial charge >= 0.3 is 0 Å². The number of pyridine rings is 1. The maximum absolute atomic E-state index is 4.40. The Bertz CT molecular complexity index is 243. The van der Waals surface area contributed by atoms with E-state index in [9.17, 15) is 0 Å². The van der Waals surface area contributed by atoms with Crippen molar-refractivity contribution in [3.8, 4) is 0 Å². The Balaban J connectivity index is 2.79. The quantitative estimate of drug-likeness (QED) is 0.666. The molecule has 1 aromatic heterocycles. The molecule has 1 unspecified atom stereocenters. The van der Waals surface area contributed by atoms with Crippen molar-refractivity contribution < 1.29 is 0 Å². The SMILES string of the molecule is CCCC(C)c1ncccc1C. The van der Waals surface area contributed by atoms with Crippen molar-refractivity contribution >= 4 is 0 Å². The molecule has 0 aliphatic rings. The van der Waals surface area contributed by atoms with E-state index >= 15 is 0 Å². The number of nitrogens with zero attached hydrogens (tertiary/aromatic N) is 1. The summed E-state index contributed by atoms with van der Waals surface area (Å²) in [6.07, 6.45) is 4.35. The van der Waals surface area contributed by atoms with Crippen molar-refractivity contribution in [2.75, 3.05) is 0 Å². The van der Waals surface area contributed by atoms with E-state index in [4.69, 9.17) is 0 Å². The molecule has 0 fully saturated rings. The summed E-state index contributed by atoms with van der Waals surface area (Å²) >= 11 is 0. The average molecular weight is 163 g/mol. The van der Waals surface area contributed by atoms with Gasteiger partial charge in [0.2, 0.25) is 0 Å². The van der Waals surface area contributed by atoms with Crippen LogP contribution in [0.25, 0.3) is 0 Å². The fourth-order valence-corrected chi connectivity index (χ4v) is 1.58. The molecule has 1 heterocycles. The Hall–Kier alpha value is -0.850. The molecule has 0 N–H and O–H groups in total. The zero-order valence-corrected chi connectivity index (χ0v) is 8.17. The van der Waals surface area contributed by atoms with Crippen LogP contribution in [0.5, 0.6) is 0 Å². The van der Waals surface area contributed by atoms with Gasteiger partial charge in [0.05, 0.1) is 0 Å². The van der Waals surface area contributed by atoms with E-state index in [1.54, 1.807) is 0 Å². The molecule has 0 aliphatic carbocycles. The van der Waals surface area contributed by atoms with Gasteiger partial charge in [0.15, 0.2) is 0 Å². The molecule has 0 spiro atoms. The van der Waals surface area contributed by atoms with Crippen LogP contribution in [0.2, 0.25) is 0 Å². The average Bonchev–Trinajstić information content (AvgIpc) is 2.05. The van der Waals surface area contributed by atoms with Crippen molar-refractivity contribution in [2.24, 2.45) is 0 Å². The van der Waals surface area contributed by atoms with Gasteiger partial charge in [-0.2, -0.15) is 0 Å². The predicted octanol–water partition coefficient (Wildman–Crippen LogP) is 3.29. The second-order valence-corrected chi connectivity index (χ2v) is 3.40. The third-order valence-electron chi connectivity index (χ3n) is 2.24. The van der Waals surface area contributed by atoms with Crippen LogP contribution in [-0.2, 0) is 0 Å². The summed E-state index contributed by atoms with van der Waals surface area (Å²) in [5.74, 6) is 0.608. The highest BCUT2D eigenvalue weighted by Crippen LogP contribution is 2.20. The third kappa shape index (κ3) is 2.07. The molecular weight excluding hydrogens is 146 g/mol. The van der Waals surface area contributed by atoms with Crippen LogP contribution >= 0.6 is 0 Å². The molecule has 1 rings (SSSR count). The lowest BCUT2D eigenvalue weighted by molar-refractivity contribution is 0.643. The topological polar surface area (TPSA) is 12.9 Å². The maximum atomic E-state index is 4.40. The Morgan fingerprint density at radius 2 is 2.25 bits per heavy atom. The fraction of sp³-hybridized carbons (Fsp3) is 0.545. The van der Waals surface area contributed by atoms with Gasteiger partial charge in [-0.05, 0) is 30.9 Å². The van der Waals surface area contributed by atoms with E-state index in [0.29, 0.717) is 5.92 Å². The number of aromatic nitrogens is 1. The first kappa shape index (κ1) is 9.24. The largest absolute Gasteiger partial charge is 0.261 e. The standard InChI is InChI=1S/C11H17N/c1-4-6-9(2)11-10(3)7-5-8-12-11/h5,7-9H,4,6H2,1-3H3. The minimum atomic E-state index is 0.608. The molecule has 1 atom stereocenters. The summed E-state index contributed by atoms with van der Waals surface area (Å²) in [6.45, 7) is 6.60. The van der Waals surface area contributed by atoms with Gasteiger partial charge in [0, 0.05) is 11.9 Å². The molecule has 0 bridgehead atoms. The molecule has 12 heavy (non-hydrogen) atoms. The van der Waals surface area contributed by atoms with E-state index < -0.39 is 0 Å². The molecule has 1 nitrogen and oxygen atoms in total. The van der Waals surface area contributed by atoms with E-state index in [-0.39, 0.29) is 0 Å². The van der Waals surface area contributed by atoms with E-state index in [1.165, 1.54) is 24.1 Å². The second-order valence-electron chi connectivity index (χ2n) is 3.40. The van der Waals surface area contributed by atoms with Crippen LogP contribution in [-0.4, -0.2) is 4.98 Å². The fourth-order valence-electron chi connectivity index (χ4n) is 1.58. The van der Waals surface area contributed by atoms with E-state index in [1.807, 2.05) is 12.3 Å². The highest BCUT2D eigenvalue weighted by Gasteiger charge is 2.07. The summed E-state index contributed by atoms with van der Waals surface area (Å²) in [4.78, 5) is 4.40. The van der Waals surface area contributed by atoms with Gasteiger partial charge in [-0.25, -0.2) is 0 Å². The summed E-state index contributed by atoms with van der Waals surface area (Å²) in [5, 5.41) is 0. The highest BCUT2D eigenvalue weighted by molar-refractivity contribution is 5.20. The van der Waals surface area contributed by atoms with Crippen LogP contribution in [0.15, 0.2) is 18.3 Å². The molecule has 0 saturated carbocycles. The molecule has 0 amide bonds. The zero-order chi connectivity index (χ0) is 8.97. The number of aryl methyl sites for hydroxylation is 1. The number of rotatable bonds is 3. The summed E-state index contributed by atoms with van der Waals surface area (Å²) in [5.41, 5.74) is 2.58. The summed E-state index contributed by atoms with van der Waals surface area (Å²) in [6, 6.07) is 4.13. The lowest BCUT2D eigenvalue weighted by Gasteiger charge is -2.11. The van der Waals surface area contributed by atoms with Gasteiger partial charge in [-0.3, -0.25) is 4.98 Å². The molecule has 66 valence electrons. The summed E-state index contributed by atoms with van der Waals surface area (Å²) < 4.78 is 0. The maximum Gasteiger partial charge on any atom is 0.0460 e. The van der Waals surface area contributed by atoms with Crippen molar-refractivity contribution in [2.45, 2.75) is 39.5 Å². The zero-order valence-electron chi connectivity index (χ0n) is 8.17. The van der Waals surface area contributed by atoms with Crippen LogP contribution in [0.3, 0.4) is 0 Å². The number of hydrogen-bond donors (Lipinski definition) is 0. The lowest BCUT2D eigenvalue weighted by atomic mass is 9.98. The van der Waals surface area contributed by atoms with Crippen molar-refractivity contribution in [3.63, 3.8) is 0 Å². The smallest absolute Gasteiger partial charge is 0.0460 e. The Morgan fingerprint density at radius 3 is 2.83 bits per heavy atom. The third-order valence-corrected chi connectivity index (χ3v) is 2.24. The molecule has 0 saturated heterocycles. The van der Waals surface area contributed by atoms with Gasteiger partial charge in [0.1, 0.15) is 0 Å². The molecule has 0 aromatic carbocycles. The number of hydrogen-bond acceptors (Lipinski definition) is 1. The Labute approximate surface area is 74.8 Å². The highest BCUT2D eigenvalue weighted by atomic mass is 14.7. The van der Waals surface area contributed by atoms with Gasteiger partial charge < -0.3 is 0 Å². The molecular formula is C11H17N. The molecule has 0 aliphatic heterocycles. The van der Waals surface area contributed by atoms with Crippen LogP contribution in [0.4, 0.5) is 0 Å². The molecule has 0 radical (unpaired) electrons. The predicted molar refractivity (Wildman–Crippen MR) is 52.3 cm³/mol. The van der Waals surface area contributed by atoms with Crippen LogP contribution < -0.4 is 0 Å². The Morgan fingerprint density at radius 1 is 1.50 bits per heavy atom.